The number of anilines is 1. The minimum Gasteiger partial charge on any atom is -0.322 e. The molecule has 150 valence electrons. The first kappa shape index (κ1) is 21.0. The Bertz CT molecular complexity index is 987. The third-order valence-electron chi connectivity index (χ3n) is 4.80. The molecule has 1 saturated heterocycles. The summed E-state index contributed by atoms with van der Waals surface area (Å²) in [7, 11) is -3.63. The molecule has 2 aromatic carbocycles. The third-order valence-corrected chi connectivity index (χ3v) is 7.50. The van der Waals surface area contributed by atoms with E-state index in [0.29, 0.717) is 28.8 Å². The van der Waals surface area contributed by atoms with Gasteiger partial charge in [0.05, 0.1) is 10.5 Å². The number of aryl methyl sites for hydroxylation is 1. The summed E-state index contributed by atoms with van der Waals surface area (Å²) in [5.74, 6) is -0.904. The fraction of sp³-hybridized carbons (Fsp3) is 0.350. The minimum atomic E-state index is -3.63. The molecule has 1 heterocycles. The quantitative estimate of drug-likeness (QED) is 0.705. The van der Waals surface area contributed by atoms with Crippen molar-refractivity contribution in [2.75, 3.05) is 18.4 Å². The van der Waals surface area contributed by atoms with Crippen molar-refractivity contribution in [2.45, 2.75) is 37.5 Å². The lowest BCUT2D eigenvalue weighted by atomic mass is 10.2. The van der Waals surface area contributed by atoms with Crippen LogP contribution in [-0.2, 0) is 10.0 Å². The SMILES string of the molecule is Cc1ccc(NC(=O)c2ccc(F)cc2Br)cc1S(=O)(=O)N1CCCCCC1. The van der Waals surface area contributed by atoms with Gasteiger partial charge >= 0.3 is 0 Å². The van der Waals surface area contributed by atoms with Gasteiger partial charge in [0.2, 0.25) is 10.0 Å². The molecule has 0 bridgehead atoms. The molecule has 0 aromatic heterocycles. The van der Waals surface area contributed by atoms with Crippen molar-refractivity contribution < 1.29 is 17.6 Å². The number of benzene rings is 2. The number of sulfonamides is 1. The normalized spacial score (nSPS) is 15.8. The number of nitrogens with zero attached hydrogens (tertiary/aromatic N) is 1. The number of halogens is 2. The van der Waals surface area contributed by atoms with E-state index < -0.39 is 21.7 Å². The molecule has 1 aliphatic rings. The van der Waals surface area contributed by atoms with Gasteiger partial charge in [-0.1, -0.05) is 18.9 Å². The number of carbonyl (C=O) groups excluding carboxylic acids is 1. The van der Waals surface area contributed by atoms with Crippen LogP contribution in [0.25, 0.3) is 0 Å². The Hall–Kier alpha value is -1.77. The van der Waals surface area contributed by atoms with Gasteiger partial charge in [-0.15, -0.1) is 0 Å². The fourth-order valence-electron chi connectivity index (χ4n) is 3.25. The first-order valence-corrected chi connectivity index (χ1v) is 11.4. The van der Waals surface area contributed by atoms with E-state index in [0.717, 1.165) is 25.7 Å². The standard InChI is InChI=1S/C20H22BrFN2O3S/c1-14-6-8-16(23-20(25)17-9-7-15(22)12-18(17)21)13-19(14)28(26,27)24-10-4-2-3-5-11-24/h6-9,12-13H,2-5,10-11H2,1H3,(H,23,25). The fourth-order valence-corrected chi connectivity index (χ4v) is 5.55. The van der Waals surface area contributed by atoms with Gasteiger partial charge in [-0.2, -0.15) is 4.31 Å². The van der Waals surface area contributed by atoms with Gasteiger partial charge in [-0.3, -0.25) is 4.79 Å². The second-order valence-electron chi connectivity index (χ2n) is 6.88. The van der Waals surface area contributed by atoms with E-state index in [1.807, 2.05) is 0 Å². The first-order valence-electron chi connectivity index (χ1n) is 9.16. The second-order valence-corrected chi connectivity index (χ2v) is 9.64. The molecular formula is C20H22BrFN2O3S. The Balaban J connectivity index is 1.87. The van der Waals surface area contributed by atoms with Gasteiger partial charge in [0, 0.05) is 23.2 Å². The highest BCUT2D eigenvalue weighted by Gasteiger charge is 2.27. The highest BCUT2D eigenvalue weighted by molar-refractivity contribution is 9.10. The Morgan fingerprint density at radius 1 is 1.07 bits per heavy atom. The summed E-state index contributed by atoms with van der Waals surface area (Å²) in [5.41, 5.74) is 1.27. The van der Waals surface area contributed by atoms with Gasteiger partial charge in [0.15, 0.2) is 0 Å². The summed E-state index contributed by atoms with van der Waals surface area (Å²) in [6.07, 6.45) is 3.78. The predicted octanol–water partition coefficient (Wildman–Crippen LogP) is 4.71. The maximum Gasteiger partial charge on any atom is 0.256 e. The van der Waals surface area contributed by atoms with Gasteiger partial charge in [-0.25, -0.2) is 12.8 Å². The average molecular weight is 469 g/mol. The van der Waals surface area contributed by atoms with E-state index in [9.17, 15) is 17.6 Å². The molecule has 0 atom stereocenters. The minimum absolute atomic E-state index is 0.199. The third kappa shape index (κ3) is 4.61. The summed E-state index contributed by atoms with van der Waals surface area (Å²) in [5, 5.41) is 2.70. The zero-order valence-corrected chi connectivity index (χ0v) is 17.9. The first-order chi connectivity index (χ1) is 13.3. The van der Waals surface area contributed by atoms with Gasteiger partial charge in [0.25, 0.3) is 5.91 Å². The Labute approximate surface area is 173 Å². The van der Waals surface area contributed by atoms with Crippen LogP contribution in [0, 0.1) is 12.7 Å². The smallest absolute Gasteiger partial charge is 0.256 e. The monoisotopic (exact) mass is 468 g/mol. The maximum absolute atomic E-state index is 13.2. The number of carbonyl (C=O) groups is 1. The molecule has 1 aliphatic heterocycles. The lowest BCUT2D eigenvalue weighted by Gasteiger charge is -2.21. The van der Waals surface area contributed by atoms with E-state index in [2.05, 4.69) is 21.2 Å². The molecule has 0 aliphatic carbocycles. The van der Waals surface area contributed by atoms with Crippen molar-refractivity contribution in [3.05, 3.63) is 57.8 Å². The topological polar surface area (TPSA) is 66.5 Å². The molecule has 3 rings (SSSR count). The van der Waals surface area contributed by atoms with Crippen molar-refractivity contribution in [1.29, 1.82) is 0 Å². The molecule has 0 spiro atoms. The molecule has 2 aromatic rings. The van der Waals surface area contributed by atoms with Crippen LogP contribution in [0.4, 0.5) is 10.1 Å². The van der Waals surface area contributed by atoms with Gasteiger partial charge in [-0.05, 0) is 71.6 Å². The highest BCUT2D eigenvalue weighted by Crippen LogP contribution is 2.27. The van der Waals surface area contributed by atoms with Crippen molar-refractivity contribution in [2.24, 2.45) is 0 Å². The molecule has 1 amide bonds. The molecule has 8 heteroatoms. The largest absolute Gasteiger partial charge is 0.322 e. The van der Waals surface area contributed by atoms with Gasteiger partial charge in [0.1, 0.15) is 5.82 Å². The predicted molar refractivity (Wildman–Crippen MR) is 110 cm³/mol. The number of hydrogen-bond acceptors (Lipinski definition) is 3. The molecule has 0 saturated carbocycles. The van der Waals surface area contributed by atoms with E-state index in [1.165, 1.54) is 28.6 Å². The van der Waals surface area contributed by atoms with Crippen molar-refractivity contribution >= 4 is 37.5 Å². The summed E-state index contributed by atoms with van der Waals surface area (Å²) in [6, 6.07) is 8.61. The molecule has 1 N–H and O–H groups in total. The molecule has 5 nitrogen and oxygen atoms in total. The molecule has 0 radical (unpaired) electrons. The van der Waals surface area contributed by atoms with Crippen molar-refractivity contribution in [1.82, 2.24) is 4.31 Å². The van der Waals surface area contributed by atoms with Crippen LogP contribution in [-0.4, -0.2) is 31.7 Å². The van der Waals surface area contributed by atoms with Crippen molar-refractivity contribution in [3.63, 3.8) is 0 Å². The Morgan fingerprint density at radius 3 is 2.39 bits per heavy atom. The number of amides is 1. The molecular weight excluding hydrogens is 447 g/mol. The average Bonchev–Trinajstić information content (AvgIpc) is 2.93. The second kappa shape index (κ2) is 8.71. The van der Waals surface area contributed by atoms with Crippen LogP contribution in [0.5, 0.6) is 0 Å². The van der Waals surface area contributed by atoms with Crippen LogP contribution in [0.2, 0.25) is 0 Å². The molecule has 0 unspecified atom stereocenters. The Morgan fingerprint density at radius 2 is 1.75 bits per heavy atom. The lowest BCUT2D eigenvalue weighted by molar-refractivity contribution is 0.102. The van der Waals surface area contributed by atoms with Gasteiger partial charge < -0.3 is 5.32 Å². The molecule has 28 heavy (non-hydrogen) atoms. The summed E-state index contributed by atoms with van der Waals surface area (Å²) in [4.78, 5) is 12.7. The maximum atomic E-state index is 13.2. The zero-order valence-electron chi connectivity index (χ0n) is 15.5. The van der Waals surface area contributed by atoms with E-state index in [-0.39, 0.29) is 10.5 Å². The van der Waals surface area contributed by atoms with Crippen LogP contribution >= 0.6 is 15.9 Å². The number of rotatable bonds is 4. The zero-order chi connectivity index (χ0) is 20.3. The summed E-state index contributed by atoms with van der Waals surface area (Å²) < 4.78 is 41.3. The van der Waals surface area contributed by atoms with E-state index in [1.54, 1.807) is 19.1 Å². The Kier molecular flexibility index (Phi) is 6.52. The lowest BCUT2D eigenvalue weighted by Crippen LogP contribution is -2.32. The molecule has 1 fully saturated rings. The van der Waals surface area contributed by atoms with Crippen LogP contribution in [0.15, 0.2) is 45.8 Å². The number of nitrogens with one attached hydrogen (secondary N) is 1. The van der Waals surface area contributed by atoms with Crippen LogP contribution < -0.4 is 5.32 Å². The van der Waals surface area contributed by atoms with E-state index >= 15 is 0 Å². The van der Waals surface area contributed by atoms with Crippen LogP contribution in [0.3, 0.4) is 0 Å². The van der Waals surface area contributed by atoms with E-state index in [4.69, 9.17) is 0 Å². The van der Waals surface area contributed by atoms with Crippen molar-refractivity contribution in [3.8, 4) is 0 Å². The number of hydrogen-bond donors (Lipinski definition) is 1. The summed E-state index contributed by atoms with van der Waals surface area (Å²) in [6.45, 7) is 2.77. The highest BCUT2D eigenvalue weighted by atomic mass is 79.9. The summed E-state index contributed by atoms with van der Waals surface area (Å²) >= 11 is 3.18. The van der Waals surface area contributed by atoms with Crippen LogP contribution in [0.1, 0.15) is 41.6 Å².